The number of ether oxygens (including phenoxy) is 1. The molecule has 1 aliphatic carbocycles. The minimum atomic E-state index is 0.377. The molecule has 0 spiro atoms. The molecule has 1 heterocycles. The van der Waals surface area contributed by atoms with E-state index in [1.807, 2.05) is 6.07 Å². The molecule has 3 heteroatoms. The predicted molar refractivity (Wildman–Crippen MR) is 82.6 cm³/mol. The van der Waals surface area contributed by atoms with Crippen LogP contribution in [0.5, 0.6) is 5.75 Å². The summed E-state index contributed by atoms with van der Waals surface area (Å²) in [5.74, 6) is 1.03. The third-order valence-corrected chi connectivity index (χ3v) is 4.56. The normalized spacial score (nSPS) is 22.1. The first-order valence-corrected chi connectivity index (χ1v) is 7.81. The van der Waals surface area contributed by atoms with Crippen LogP contribution in [0.15, 0.2) is 30.3 Å². The Bertz CT molecular complexity index is 651. The highest BCUT2D eigenvalue weighted by molar-refractivity contribution is 6.36. The smallest absolute Gasteiger partial charge is 0.131 e. The highest BCUT2D eigenvalue weighted by Crippen LogP contribution is 2.41. The molecule has 1 aliphatic heterocycles. The molecule has 2 aromatic rings. The molecular formula is C17H18ClNO. The first-order valence-electron chi connectivity index (χ1n) is 7.43. The van der Waals surface area contributed by atoms with Crippen molar-refractivity contribution in [3.63, 3.8) is 0 Å². The maximum absolute atomic E-state index is 6.48. The van der Waals surface area contributed by atoms with Crippen LogP contribution >= 0.6 is 11.6 Å². The van der Waals surface area contributed by atoms with E-state index in [-0.39, 0.29) is 0 Å². The van der Waals surface area contributed by atoms with Gasteiger partial charge >= 0.3 is 0 Å². The quantitative estimate of drug-likeness (QED) is 0.880. The van der Waals surface area contributed by atoms with Gasteiger partial charge in [0, 0.05) is 33.4 Å². The molecule has 0 amide bonds. The predicted octanol–water partition coefficient (Wildman–Crippen LogP) is 4.46. The van der Waals surface area contributed by atoms with Gasteiger partial charge in [0.1, 0.15) is 5.75 Å². The average molecular weight is 288 g/mol. The Hall–Kier alpha value is -1.25. The summed E-state index contributed by atoms with van der Waals surface area (Å²) in [6.07, 6.45) is 4.81. The van der Waals surface area contributed by atoms with Crippen molar-refractivity contribution >= 4 is 22.4 Å². The fraction of sp³-hybridized carbons (Fsp3) is 0.412. The van der Waals surface area contributed by atoms with Crippen LogP contribution in [0.1, 0.15) is 37.3 Å². The number of halogens is 1. The minimum absolute atomic E-state index is 0.377. The molecule has 2 nitrogen and oxygen atoms in total. The van der Waals surface area contributed by atoms with Gasteiger partial charge in [-0.05, 0) is 31.7 Å². The molecule has 0 aromatic heterocycles. The first-order chi connectivity index (χ1) is 9.83. The molecule has 20 heavy (non-hydrogen) atoms. The SMILES string of the molecule is Clc1cc2c(c3ccccc13)OCCCC2NC1CC1. The van der Waals surface area contributed by atoms with Gasteiger partial charge < -0.3 is 10.1 Å². The fourth-order valence-electron chi connectivity index (χ4n) is 3.07. The molecule has 1 unspecified atom stereocenters. The Labute approximate surface area is 124 Å². The number of hydrogen-bond acceptors (Lipinski definition) is 2. The van der Waals surface area contributed by atoms with E-state index in [0.717, 1.165) is 41.0 Å². The Kier molecular flexibility index (Phi) is 3.08. The molecule has 2 aromatic carbocycles. The van der Waals surface area contributed by atoms with E-state index in [1.165, 1.54) is 18.4 Å². The molecule has 0 bridgehead atoms. The van der Waals surface area contributed by atoms with Crippen molar-refractivity contribution in [2.24, 2.45) is 0 Å². The topological polar surface area (TPSA) is 21.3 Å². The Morgan fingerprint density at radius 3 is 2.70 bits per heavy atom. The van der Waals surface area contributed by atoms with Gasteiger partial charge in [-0.15, -0.1) is 0 Å². The van der Waals surface area contributed by atoms with Crippen LogP contribution in [0, 0.1) is 0 Å². The second-order valence-corrected chi connectivity index (χ2v) is 6.21. The zero-order valence-corrected chi connectivity index (χ0v) is 12.1. The van der Waals surface area contributed by atoms with E-state index < -0.39 is 0 Å². The van der Waals surface area contributed by atoms with Crippen molar-refractivity contribution in [1.82, 2.24) is 5.32 Å². The van der Waals surface area contributed by atoms with Gasteiger partial charge in [-0.2, -0.15) is 0 Å². The lowest BCUT2D eigenvalue weighted by atomic mass is 9.98. The number of nitrogens with one attached hydrogen (secondary N) is 1. The molecule has 1 saturated carbocycles. The summed E-state index contributed by atoms with van der Waals surface area (Å²) in [6.45, 7) is 0.793. The van der Waals surface area contributed by atoms with Crippen LogP contribution in [-0.4, -0.2) is 12.6 Å². The largest absolute Gasteiger partial charge is 0.493 e. The summed E-state index contributed by atoms with van der Waals surface area (Å²) >= 11 is 6.48. The van der Waals surface area contributed by atoms with Crippen LogP contribution in [0.3, 0.4) is 0 Å². The maximum atomic E-state index is 6.48. The number of fused-ring (bicyclic) bond motifs is 3. The van der Waals surface area contributed by atoms with Crippen molar-refractivity contribution in [3.8, 4) is 5.75 Å². The van der Waals surface area contributed by atoms with Gasteiger partial charge in [0.2, 0.25) is 0 Å². The number of hydrogen-bond donors (Lipinski definition) is 1. The van der Waals surface area contributed by atoms with Crippen molar-refractivity contribution in [3.05, 3.63) is 40.9 Å². The summed E-state index contributed by atoms with van der Waals surface area (Å²) in [4.78, 5) is 0. The molecule has 0 saturated heterocycles. The van der Waals surface area contributed by atoms with E-state index in [4.69, 9.17) is 16.3 Å². The highest BCUT2D eigenvalue weighted by Gasteiger charge is 2.29. The standard InChI is InChI=1S/C17H18ClNO/c18-15-10-14-16(19-11-7-8-11)6-3-9-20-17(14)13-5-2-1-4-12(13)15/h1-2,4-5,10-11,16,19H,3,6-9H2. The van der Waals surface area contributed by atoms with Gasteiger partial charge in [-0.1, -0.05) is 35.9 Å². The van der Waals surface area contributed by atoms with Gasteiger partial charge in [0.05, 0.1) is 6.61 Å². The third-order valence-electron chi connectivity index (χ3n) is 4.25. The van der Waals surface area contributed by atoms with E-state index in [0.29, 0.717) is 12.1 Å². The zero-order valence-electron chi connectivity index (χ0n) is 11.4. The van der Waals surface area contributed by atoms with E-state index in [2.05, 4.69) is 29.6 Å². The summed E-state index contributed by atoms with van der Waals surface area (Å²) in [5.41, 5.74) is 1.23. The van der Waals surface area contributed by atoms with Crippen LogP contribution in [-0.2, 0) is 0 Å². The Balaban J connectivity index is 1.88. The zero-order chi connectivity index (χ0) is 13.5. The second kappa shape index (κ2) is 4.94. The molecule has 2 aliphatic rings. The Morgan fingerprint density at radius 1 is 1.10 bits per heavy atom. The van der Waals surface area contributed by atoms with E-state index in [9.17, 15) is 0 Å². The van der Waals surface area contributed by atoms with Gasteiger partial charge in [0.15, 0.2) is 0 Å². The Morgan fingerprint density at radius 2 is 1.90 bits per heavy atom. The molecular weight excluding hydrogens is 270 g/mol. The van der Waals surface area contributed by atoms with Crippen molar-refractivity contribution < 1.29 is 4.74 Å². The van der Waals surface area contributed by atoms with E-state index in [1.54, 1.807) is 0 Å². The minimum Gasteiger partial charge on any atom is -0.493 e. The third kappa shape index (κ3) is 2.17. The monoisotopic (exact) mass is 287 g/mol. The van der Waals surface area contributed by atoms with Crippen molar-refractivity contribution in [2.45, 2.75) is 37.8 Å². The van der Waals surface area contributed by atoms with Gasteiger partial charge in [-0.25, -0.2) is 0 Å². The molecule has 104 valence electrons. The van der Waals surface area contributed by atoms with Crippen LogP contribution < -0.4 is 10.1 Å². The average Bonchev–Trinajstić information content (AvgIpc) is 3.29. The summed E-state index contributed by atoms with van der Waals surface area (Å²) in [7, 11) is 0. The van der Waals surface area contributed by atoms with E-state index >= 15 is 0 Å². The number of benzene rings is 2. The summed E-state index contributed by atoms with van der Waals surface area (Å²) in [6, 6.07) is 11.4. The molecule has 1 N–H and O–H groups in total. The lowest BCUT2D eigenvalue weighted by Crippen LogP contribution is -2.23. The fourth-order valence-corrected chi connectivity index (χ4v) is 3.35. The molecule has 1 fully saturated rings. The van der Waals surface area contributed by atoms with Gasteiger partial charge in [0.25, 0.3) is 0 Å². The van der Waals surface area contributed by atoms with Crippen molar-refractivity contribution in [1.29, 1.82) is 0 Å². The van der Waals surface area contributed by atoms with Crippen LogP contribution in [0.25, 0.3) is 10.8 Å². The second-order valence-electron chi connectivity index (χ2n) is 5.81. The van der Waals surface area contributed by atoms with Crippen molar-refractivity contribution in [2.75, 3.05) is 6.61 Å². The first kappa shape index (κ1) is 12.5. The molecule has 1 atom stereocenters. The lowest BCUT2D eigenvalue weighted by molar-refractivity contribution is 0.318. The number of rotatable bonds is 2. The van der Waals surface area contributed by atoms with Crippen LogP contribution in [0.4, 0.5) is 0 Å². The van der Waals surface area contributed by atoms with Crippen LogP contribution in [0.2, 0.25) is 5.02 Å². The lowest BCUT2D eigenvalue weighted by Gasteiger charge is -2.20. The summed E-state index contributed by atoms with van der Waals surface area (Å²) in [5, 5.41) is 6.79. The molecule has 0 radical (unpaired) electrons. The van der Waals surface area contributed by atoms with Gasteiger partial charge in [-0.3, -0.25) is 0 Å². The molecule has 4 rings (SSSR count). The highest BCUT2D eigenvalue weighted by atomic mass is 35.5. The summed E-state index contributed by atoms with van der Waals surface area (Å²) < 4.78 is 6.05. The maximum Gasteiger partial charge on any atom is 0.131 e.